The number of amides is 1. The Morgan fingerprint density at radius 1 is 1.50 bits per heavy atom. The summed E-state index contributed by atoms with van der Waals surface area (Å²) in [6.07, 6.45) is 5.07. The molecular formula is C11H20N6O. The minimum absolute atomic E-state index is 0.0157. The lowest BCUT2D eigenvalue weighted by molar-refractivity contribution is -0.133. The number of aromatic amines is 1. The second-order valence-electron chi connectivity index (χ2n) is 5.01. The molecule has 1 fully saturated rings. The van der Waals surface area contributed by atoms with Crippen LogP contribution in [-0.2, 0) is 4.79 Å². The first kappa shape index (κ1) is 12.9. The zero-order chi connectivity index (χ0) is 13.0. The summed E-state index contributed by atoms with van der Waals surface area (Å²) in [5.74, 6) is 0.508. The van der Waals surface area contributed by atoms with Crippen LogP contribution in [0.1, 0.15) is 50.9 Å². The van der Waals surface area contributed by atoms with Gasteiger partial charge in [0.25, 0.3) is 0 Å². The Morgan fingerprint density at radius 3 is 2.78 bits per heavy atom. The van der Waals surface area contributed by atoms with Crippen molar-refractivity contribution in [2.75, 3.05) is 6.54 Å². The molecule has 7 heteroatoms. The lowest BCUT2D eigenvalue weighted by Crippen LogP contribution is -2.47. The van der Waals surface area contributed by atoms with Gasteiger partial charge in [-0.3, -0.25) is 4.79 Å². The van der Waals surface area contributed by atoms with Gasteiger partial charge in [-0.1, -0.05) is 24.5 Å². The number of tetrazole rings is 1. The fourth-order valence-corrected chi connectivity index (χ4v) is 2.52. The van der Waals surface area contributed by atoms with Crippen molar-refractivity contribution in [1.29, 1.82) is 0 Å². The molecule has 1 heterocycles. The van der Waals surface area contributed by atoms with Gasteiger partial charge in [0.05, 0.1) is 11.5 Å². The Labute approximate surface area is 106 Å². The predicted octanol–water partition coefficient (Wildman–Crippen LogP) is 0.286. The van der Waals surface area contributed by atoms with Crippen molar-refractivity contribution in [2.24, 2.45) is 11.1 Å². The molecule has 0 aliphatic heterocycles. The van der Waals surface area contributed by atoms with E-state index in [1.807, 2.05) is 6.92 Å². The third-order valence-corrected chi connectivity index (χ3v) is 3.78. The van der Waals surface area contributed by atoms with Crippen LogP contribution in [0, 0.1) is 5.41 Å². The molecule has 0 saturated heterocycles. The fourth-order valence-electron chi connectivity index (χ4n) is 2.52. The van der Waals surface area contributed by atoms with Crippen molar-refractivity contribution < 1.29 is 4.79 Å². The molecule has 1 aromatic rings. The number of rotatable bonds is 4. The zero-order valence-corrected chi connectivity index (χ0v) is 10.6. The maximum absolute atomic E-state index is 12.4. The molecule has 1 aliphatic carbocycles. The van der Waals surface area contributed by atoms with Gasteiger partial charge < -0.3 is 11.1 Å². The highest BCUT2D eigenvalue weighted by Crippen LogP contribution is 2.35. The fraction of sp³-hybridized carbons (Fsp3) is 0.818. The van der Waals surface area contributed by atoms with Gasteiger partial charge >= 0.3 is 0 Å². The zero-order valence-electron chi connectivity index (χ0n) is 10.6. The number of nitrogens with zero attached hydrogens (tertiary/aromatic N) is 3. The van der Waals surface area contributed by atoms with E-state index >= 15 is 0 Å². The summed E-state index contributed by atoms with van der Waals surface area (Å²) in [5.41, 5.74) is 5.42. The lowest BCUT2D eigenvalue weighted by Gasteiger charge is -2.35. The number of nitrogens with one attached hydrogen (secondary N) is 2. The second-order valence-corrected chi connectivity index (χ2v) is 5.01. The molecule has 18 heavy (non-hydrogen) atoms. The van der Waals surface area contributed by atoms with E-state index in [0.717, 1.165) is 25.7 Å². The van der Waals surface area contributed by atoms with Crippen LogP contribution in [0.3, 0.4) is 0 Å². The van der Waals surface area contributed by atoms with Gasteiger partial charge in [-0.25, -0.2) is 0 Å². The molecule has 100 valence electrons. The highest BCUT2D eigenvalue weighted by atomic mass is 16.2. The first-order chi connectivity index (χ1) is 8.68. The molecule has 1 aromatic heterocycles. The van der Waals surface area contributed by atoms with Crippen molar-refractivity contribution >= 4 is 5.91 Å². The van der Waals surface area contributed by atoms with Crippen molar-refractivity contribution in [3.05, 3.63) is 5.82 Å². The minimum atomic E-state index is -0.407. The SMILES string of the molecule is CC(NC(=O)C1(CN)CCCCC1)c1nn[nH]n1. The Kier molecular flexibility index (Phi) is 3.90. The average molecular weight is 252 g/mol. The van der Waals surface area contributed by atoms with Crippen LogP contribution >= 0.6 is 0 Å². The van der Waals surface area contributed by atoms with Crippen molar-refractivity contribution in [1.82, 2.24) is 25.9 Å². The van der Waals surface area contributed by atoms with Crippen LogP contribution in [0.2, 0.25) is 0 Å². The highest BCUT2D eigenvalue weighted by molar-refractivity contribution is 5.83. The normalized spacial score (nSPS) is 20.3. The molecule has 0 radical (unpaired) electrons. The molecule has 2 rings (SSSR count). The number of H-pyrrole nitrogens is 1. The molecule has 1 saturated carbocycles. The summed E-state index contributed by atoms with van der Waals surface area (Å²) >= 11 is 0. The van der Waals surface area contributed by atoms with Gasteiger partial charge in [0.2, 0.25) is 5.91 Å². The summed E-state index contributed by atoms with van der Waals surface area (Å²) < 4.78 is 0. The first-order valence-corrected chi connectivity index (χ1v) is 6.42. The third-order valence-electron chi connectivity index (χ3n) is 3.78. The molecule has 1 atom stereocenters. The summed E-state index contributed by atoms with van der Waals surface area (Å²) in [5, 5.41) is 16.5. The van der Waals surface area contributed by atoms with Crippen LogP contribution < -0.4 is 11.1 Å². The molecule has 0 aromatic carbocycles. The summed E-state index contributed by atoms with van der Waals surface area (Å²) in [7, 11) is 0. The van der Waals surface area contributed by atoms with Crippen molar-refractivity contribution in [3.63, 3.8) is 0 Å². The van der Waals surface area contributed by atoms with Gasteiger partial charge in [-0.15, -0.1) is 10.2 Å². The minimum Gasteiger partial charge on any atom is -0.346 e. The number of carbonyl (C=O) groups excluding carboxylic acids is 1. The van der Waals surface area contributed by atoms with E-state index in [0.29, 0.717) is 12.4 Å². The number of carbonyl (C=O) groups is 1. The standard InChI is InChI=1S/C11H20N6O/c1-8(9-14-16-17-15-9)13-10(18)11(7-12)5-3-2-4-6-11/h8H,2-7,12H2,1H3,(H,13,18)(H,14,15,16,17). The molecule has 0 bridgehead atoms. The Balaban J connectivity index is 2.01. The monoisotopic (exact) mass is 252 g/mol. The summed E-state index contributed by atoms with van der Waals surface area (Å²) in [6.45, 7) is 2.24. The largest absolute Gasteiger partial charge is 0.346 e. The Morgan fingerprint density at radius 2 is 2.22 bits per heavy atom. The van der Waals surface area contributed by atoms with Crippen molar-refractivity contribution in [3.8, 4) is 0 Å². The van der Waals surface area contributed by atoms with Crippen LogP contribution in [0.4, 0.5) is 0 Å². The van der Waals surface area contributed by atoms with Gasteiger partial charge in [0.15, 0.2) is 5.82 Å². The molecule has 4 N–H and O–H groups in total. The quantitative estimate of drug-likeness (QED) is 0.713. The maximum atomic E-state index is 12.4. The Bertz CT molecular complexity index is 384. The molecule has 1 aliphatic rings. The van der Waals surface area contributed by atoms with Gasteiger partial charge in [0, 0.05) is 6.54 Å². The number of nitrogens with two attached hydrogens (primary N) is 1. The molecule has 7 nitrogen and oxygen atoms in total. The van der Waals surface area contributed by atoms with E-state index in [2.05, 4.69) is 25.9 Å². The van der Waals surface area contributed by atoms with E-state index < -0.39 is 5.41 Å². The summed E-state index contributed by atoms with van der Waals surface area (Å²) in [4.78, 5) is 12.4. The van der Waals surface area contributed by atoms with Gasteiger partial charge in [-0.2, -0.15) is 5.21 Å². The topological polar surface area (TPSA) is 110 Å². The van der Waals surface area contributed by atoms with Gasteiger partial charge in [-0.05, 0) is 19.8 Å². The molecule has 0 spiro atoms. The number of aromatic nitrogens is 4. The summed E-state index contributed by atoms with van der Waals surface area (Å²) in [6, 6.07) is -0.249. The van der Waals surface area contributed by atoms with Crippen molar-refractivity contribution in [2.45, 2.75) is 45.1 Å². The van der Waals surface area contributed by atoms with Crippen LogP contribution in [-0.4, -0.2) is 33.1 Å². The van der Waals surface area contributed by atoms with E-state index in [4.69, 9.17) is 5.73 Å². The van der Waals surface area contributed by atoms with Crippen LogP contribution in [0.25, 0.3) is 0 Å². The highest BCUT2D eigenvalue weighted by Gasteiger charge is 2.38. The van der Waals surface area contributed by atoms with Gasteiger partial charge in [0.1, 0.15) is 0 Å². The third kappa shape index (κ3) is 2.50. The number of hydrogen-bond acceptors (Lipinski definition) is 5. The Hall–Kier alpha value is -1.50. The molecule has 1 unspecified atom stereocenters. The first-order valence-electron chi connectivity index (χ1n) is 6.42. The predicted molar refractivity (Wildman–Crippen MR) is 65.3 cm³/mol. The van der Waals surface area contributed by atoms with E-state index in [-0.39, 0.29) is 11.9 Å². The van der Waals surface area contributed by atoms with E-state index in [1.54, 1.807) is 0 Å². The smallest absolute Gasteiger partial charge is 0.228 e. The van der Waals surface area contributed by atoms with Crippen LogP contribution in [0.5, 0.6) is 0 Å². The van der Waals surface area contributed by atoms with E-state index in [9.17, 15) is 4.79 Å². The second kappa shape index (κ2) is 5.43. The van der Waals surface area contributed by atoms with E-state index in [1.165, 1.54) is 6.42 Å². The number of hydrogen-bond donors (Lipinski definition) is 3. The lowest BCUT2D eigenvalue weighted by atomic mass is 9.73. The molecular weight excluding hydrogens is 232 g/mol. The maximum Gasteiger partial charge on any atom is 0.228 e. The van der Waals surface area contributed by atoms with Crippen LogP contribution in [0.15, 0.2) is 0 Å². The molecule has 1 amide bonds. The average Bonchev–Trinajstić information content (AvgIpc) is 2.93.